The molecule has 332 valence electrons. The summed E-state index contributed by atoms with van der Waals surface area (Å²) in [7, 11) is -1.20. The number of halogens is 1. The number of nitrogens with zero attached hydrogens (tertiary/aromatic N) is 4. The van der Waals surface area contributed by atoms with Crippen LogP contribution in [0.3, 0.4) is 0 Å². The molecule has 4 N–H and O–H groups in total. The van der Waals surface area contributed by atoms with Crippen LogP contribution in [0.1, 0.15) is 116 Å². The first-order valence-electron chi connectivity index (χ1n) is 20.9. The zero-order valence-corrected chi connectivity index (χ0v) is 40.3. The number of aliphatic imine (C=N–C) groups is 1. The number of benzene rings is 2. The van der Waals surface area contributed by atoms with E-state index in [-0.39, 0.29) is 14.5 Å². The van der Waals surface area contributed by atoms with Gasteiger partial charge in [-0.1, -0.05) is 76.3 Å². The molecule has 6 rings (SSSR count). The second-order valence-corrected chi connectivity index (χ2v) is 21.5. The van der Waals surface area contributed by atoms with E-state index in [1.165, 1.54) is 78.3 Å². The summed E-state index contributed by atoms with van der Waals surface area (Å²) in [5.41, 5.74) is 3.01. The topological polar surface area (TPSA) is 190 Å². The van der Waals surface area contributed by atoms with Crippen LogP contribution in [0.2, 0.25) is 0 Å². The first kappa shape index (κ1) is 49.7. The van der Waals surface area contributed by atoms with Gasteiger partial charge in [-0.2, -0.15) is 5.10 Å². The maximum Gasteiger partial charge on any atom is 0.495 e. The van der Waals surface area contributed by atoms with Crippen LogP contribution in [-0.2, 0) is 49.2 Å². The highest BCUT2D eigenvalue weighted by Crippen LogP contribution is 2.38. The molecule has 1 aromatic heterocycles. The summed E-state index contributed by atoms with van der Waals surface area (Å²) >= 11 is 2.91. The molecule has 1 aliphatic heterocycles. The summed E-state index contributed by atoms with van der Waals surface area (Å²) in [6.45, 7) is 11.7. The van der Waals surface area contributed by atoms with Crippen molar-refractivity contribution in [3.63, 3.8) is 0 Å². The summed E-state index contributed by atoms with van der Waals surface area (Å²) < 4.78 is 68.3. The highest BCUT2D eigenvalue weighted by Gasteiger charge is 2.52. The fourth-order valence-electron chi connectivity index (χ4n) is 7.66. The normalized spacial score (nSPS) is 18.6. The number of aryl methyl sites for hydroxylation is 2. The average Bonchev–Trinajstić information content (AvgIpc) is 3.66. The third kappa shape index (κ3) is 13.3. The lowest BCUT2D eigenvalue weighted by Gasteiger charge is -2.32. The number of hydrogen-bond acceptors (Lipinski definition) is 10. The van der Waals surface area contributed by atoms with Crippen molar-refractivity contribution in [1.82, 2.24) is 29.5 Å². The molecule has 0 bridgehead atoms. The highest BCUT2D eigenvalue weighted by molar-refractivity contribution is 9.18. The Hall–Kier alpha value is -3.00. The van der Waals surface area contributed by atoms with E-state index in [1.54, 1.807) is 42.9 Å². The van der Waals surface area contributed by atoms with Crippen molar-refractivity contribution in [2.75, 3.05) is 21.1 Å². The molecular formula is C42H66BBrN8O6S2. The van der Waals surface area contributed by atoms with Crippen LogP contribution in [0, 0.1) is 24.2 Å². The Morgan fingerprint density at radius 1 is 0.850 bits per heavy atom. The van der Waals surface area contributed by atoms with Crippen LogP contribution >= 0.6 is 15.9 Å². The molecule has 14 nitrogen and oxygen atoms in total. The number of sulfonamides is 2. The van der Waals surface area contributed by atoms with Gasteiger partial charge >= 0.3 is 7.12 Å². The molecule has 60 heavy (non-hydrogen) atoms. The molecule has 3 aromatic rings. The largest absolute Gasteiger partial charge is 0.495 e. The highest BCUT2D eigenvalue weighted by atomic mass is 79.9. The maximum atomic E-state index is 12.3. The predicted molar refractivity (Wildman–Crippen MR) is 245 cm³/mol. The lowest BCUT2D eigenvalue weighted by atomic mass is 9.73. The van der Waals surface area contributed by atoms with Gasteiger partial charge in [0.1, 0.15) is 5.82 Å². The van der Waals surface area contributed by atoms with Crippen molar-refractivity contribution in [2.45, 2.75) is 140 Å². The lowest BCUT2D eigenvalue weighted by molar-refractivity contribution is 0.00578. The van der Waals surface area contributed by atoms with Gasteiger partial charge in [0.2, 0.25) is 20.0 Å². The third-order valence-electron chi connectivity index (χ3n) is 12.2. The minimum atomic E-state index is -3.52. The predicted octanol–water partition coefficient (Wildman–Crippen LogP) is 6.79. The Bertz CT molecular complexity index is 2150. The van der Waals surface area contributed by atoms with Crippen molar-refractivity contribution >= 4 is 59.1 Å². The molecule has 1 saturated heterocycles. The van der Waals surface area contributed by atoms with Crippen molar-refractivity contribution in [1.29, 1.82) is 5.41 Å². The number of amidine groups is 2. The fourth-order valence-corrected chi connectivity index (χ4v) is 9.46. The first-order valence-corrected chi connectivity index (χ1v) is 24.7. The van der Waals surface area contributed by atoms with E-state index in [0.29, 0.717) is 17.7 Å². The molecule has 0 atom stereocenters. The lowest BCUT2D eigenvalue weighted by Crippen LogP contribution is -2.41. The molecule has 2 heterocycles. The standard InChI is InChI=1S/C20H32BNO4S.C18H26N4O2S.C4H8BrN3/c1-19(2)20(3,4)26-21(25-19)18-14-17(27(23,24)22-5)12-11-16(18)13-15-9-7-6-8-10-15;1-13-20-18(21-22(13)3)17-12-16(25(23,24)19-2)10-9-15(17)11-14-7-5-4-6-8-14;1-3(7-2)8-4(5)6/h11-12,14-15,22H,6-10,13H2,1-5H3;9-10,12,14,19H,4-8,11H2,1-3H3;1-2H3,(H2,6,7,8). The van der Waals surface area contributed by atoms with E-state index in [4.69, 9.17) is 14.7 Å². The minimum absolute atomic E-state index is 0.237. The Morgan fingerprint density at radius 3 is 1.73 bits per heavy atom. The number of hydrogen-bond donors (Lipinski definition) is 4. The van der Waals surface area contributed by atoms with Gasteiger partial charge in [0.05, 0.1) is 26.8 Å². The van der Waals surface area contributed by atoms with E-state index in [9.17, 15) is 16.8 Å². The molecule has 3 aliphatic rings. The van der Waals surface area contributed by atoms with Crippen LogP contribution in [0.5, 0.6) is 0 Å². The van der Waals surface area contributed by atoms with Crippen LogP contribution in [0.25, 0.3) is 11.4 Å². The minimum Gasteiger partial charge on any atom is -0.399 e. The molecule has 2 aromatic carbocycles. The SMILES string of the molecule is CN=C(C)NC(=N)Br.CNS(=O)(=O)c1ccc(CC2CCCCC2)c(-c2nc(C)n(C)n2)c1.CNS(=O)(=O)c1ccc(CC2CCCCC2)c(B2OC(C)(C)C(C)(C)O2)c1. The Morgan fingerprint density at radius 2 is 1.32 bits per heavy atom. The van der Waals surface area contributed by atoms with Gasteiger partial charge in [-0.15, -0.1) is 0 Å². The van der Waals surface area contributed by atoms with Crippen molar-refractivity contribution in [3.05, 3.63) is 53.3 Å². The molecule has 0 amide bonds. The molecular weight excluding hydrogens is 867 g/mol. The van der Waals surface area contributed by atoms with Crippen LogP contribution in [-0.4, -0.2) is 81.6 Å². The number of aromatic nitrogens is 3. The second-order valence-electron chi connectivity index (χ2n) is 17.0. The Kier molecular flexibility index (Phi) is 17.7. The summed E-state index contributed by atoms with van der Waals surface area (Å²) in [4.78, 5) is 8.79. The van der Waals surface area contributed by atoms with Gasteiger partial charge in [0, 0.05) is 19.7 Å². The summed E-state index contributed by atoms with van der Waals surface area (Å²) in [5, 5.41) is 14.0. The quantitative estimate of drug-likeness (QED) is 0.0734. The smallest absolute Gasteiger partial charge is 0.399 e. The fraction of sp³-hybridized carbons (Fsp3) is 0.619. The van der Waals surface area contributed by atoms with Gasteiger partial charge in [0.25, 0.3) is 0 Å². The van der Waals surface area contributed by atoms with Gasteiger partial charge in [-0.05, 0) is 137 Å². The summed E-state index contributed by atoms with van der Waals surface area (Å²) in [5.74, 6) is 3.43. The molecule has 3 fully saturated rings. The number of rotatable bonds is 10. The van der Waals surface area contributed by atoms with Crippen molar-refractivity contribution in [3.8, 4) is 11.4 Å². The molecule has 2 saturated carbocycles. The Labute approximate surface area is 367 Å². The third-order valence-corrected chi connectivity index (χ3v) is 15.2. The monoisotopic (exact) mass is 932 g/mol. The molecule has 18 heteroatoms. The summed E-state index contributed by atoms with van der Waals surface area (Å²) in [6, 6.07) is 10.7. The molecule has 0 radical (unpaired) electrons. The van der Waals surface area contributed by atoms with E-state index in [1.807, 2.05) is 53.8 Å². The van der Waals surface area contributed by atoms with Crippen molar-refractivity contribution < 1.29 is 26.1 Å². The van der Waals surface area contributed by atoms with Crippen LogP contribution in [0.4, 0.5) is 0 Å². The van der Waals surface area contributed by atoms with Gasteiger partial charge in [0.15, 0.2) is 10.6 Å². The van der Waals surface area contributed by atoms with Crippen LogP contribution in [0.15, 0.2) is 51.2 Å². The Balaban J connectivity index is 0.000000225. The molecule has 0 spiro atoms. The van der Waals surface area contributed by atoms with Crippen molar-refractivity contribution in [2.24, 2.45) is 23.9 Å². The van der Waals surface area contributed by atoms with Crippen LogP contribution < -0.4 is 20.2 Å². The van der Waals surface area contributed by atoms with E-state index >= 15 is 0 Å². The van der Waals surface area contributed by atoms with E-state index in [0.717, 1.165) is 46.7 Å². The average molecular weight is 934 g/mol. The maximum absolute atomic E-state index is 12.3. The zero-order valence-electron chi connectivity index (χ0n) is 37.1. The molecule has 2 aliphatic carbocycles. The van der Waals surface area contributed by atoms with Gasteiger partial charge in [-0.25, -0.2) is 31.3 Å². The second kappa shape index (κ2) is 21.4. The van der Waals surface area contributed by atoms with E-state index in [2.05, 4.69) is 45.8 Å². The van der Waals surface area contributed by atoms with Gasteiger partial charge < -0.3 is 14.6 Å². The van der Waals surface area contributed by atoms with Gasteiger partial charge in [-0.3, -0.25) is 15.1 Å². The van der Waals surface area contributed by atoms with E-state index < -0.39 is 38.4 Å². The summed E-state index contributed by atoms with van der Waals surface area (Å²) in [6.07, 6.45) is 14.6. The first-order chi connectivity index (χ1) is 28.1. The molecule has 0 unspecified atom stereocenters. The zero-order chi connectivity index (χ0) is 44.5. The number of nitrogens with one attached hydrogen (secondary N) is 4.